The Morgan fingerprint density at radius 3 is 2.67 bits per heavy atom. The molecule has 1 saturated carbocycles. The number of allylic oxidation sites excluding steroid dienone is 4. The largest absolute Gasteiger partial charge is 0.0879 e. The van der Waals surface area contributed by atoms with Gasteiger partial charge in [0.2, 0.25) is 0 Å². The van der Waals surface area contributed by atoms with Crippen LogP contribution in [0.5, 0.6) is 0 Å². The van der Waals surface area contributed by atoms with Gasteiger partial charge < -0.3 is 0 Å². The summed E-state index contributed by atoms with van der Waals surface area (Å²) in [4.78, 5) is 0. The Morgan fingerprint density at radius 2 is 2.00 bits per heavy atom. The second-order valence-electron chi connectivity index (χ2n) is 4.05. The summed E-state index contributed by atoms with van der Waals surface area (Å²) in [5.41, 5.74) is 1.73. The molecule has 0 heteroatoms. The smallest absolute Gasteiger partial charge is 0.00507 e. The number of hydrogen-bond donors (Lipinski definition) is 0. The predicted molar refractivity (Wildman–Crippen MR) is 53.0 cm³/mol. The first-order chi connectivity index (χ1) is 5.95. The third-order valence-electron chi connectivity index (χ3n) is 2.99. The Kier molecular flexibility index (Phi) is 2.65. The van der Waals surface area contributed by atoms with Crippen molar-refractivity contribution in [3.05, 3.63) is 23.8 Å². The van der Waals surface area contributed by atoms with E-state index in [2.05, 4.69) is 18.2 Å². The van der Waals surface area contributed by atoms with Gasteiger partial charge in [-0.3, -0.25) is 0 Å². The van der Waals surface area contributed by atoms with Crippen LogP contribution in [0.2, 0.25) is 0 Å². The Bertz CT molecular complexity index is 190. The van der Waals surface area contributed by atoms with Crippen LogP contribution in [-0.2, 0) is 0 Å². The lowest BCUT2D eigenvalue weighted by Gasteiger charge is -2.12. The fourth-order valence-electron chi connectivity index (χ4n) is 2.28. The molecule has 1 atom stereocenters. The molecule has 2 aliphatic carbocycles. The minimum atomic E-state index is 0.784. The second-order valence-corrected chi connectivity index (χ2v) is 4.05. The van der Waals surface area contributed by atoms with E-state index in [0.29, 0.717) is 0 Å². The molecular formula is C12H18. The molecule has 0 N–H and O–H groups in total. The summed E-state index contributed by atoms with van der Waals surface area (Å²) in [6.07, 6.45) is 17.0. The van der Waals surface area contributed by atoms with Gasteiger partial charge in [0.15, 0.2) is 0 Å². The molecule has 0 spiro atoms. The summed E-state index contributed by atoms with van der Waals surface area (Å²) in [6.45, 7) is 0. The van der Waals surface area contributed by atoms with Gasteiger partial charge in [0.1, 0.15) is 0 Å². The zero-order chi connectivity index (χ0) is 8.23. The van der Waals surface area contributed by atoms with Gasteiger partial charge in [-0.1, -0.05) is 23.8 Å². The molecule has 12 heavy (non-hydrogen) atoms. The van der Waals surface area contributed by atoms with E-state index >= 15 is 0 Å². The second kappa shape index (κ2) is 3.93. The van der Waals surface area contributed by atoms with Gasteiger partial charge >= 0.3 is 0 Å². The summed E-state index contributed by atoms with van der Waals surface area (Å²) in [5, 5.41) is 0. The van der Waals surface area contributed by atoms with Crippen molar-refractivity contribution in [2.45, 2.75) is 44.9 Å². The van der Waals surface area contributed by atoms with E-state index in [-0.39, 0.29) is 0 Å². The summed E-state index contributed by atoms with van der Waals surface area (Å²) in [7, 11) is 0. The highest BCUT2D eigenvalue weighted by Crippen LogP contribution is 2.28. The van der Waals surface area contributed by atoms with Crippen LogP contribution in [0.3, 0.4) is 0 Å². The molecule has 0 aromatic rings. The van der Waals surface area contributed by atoms with Gasteiger partial charge in [-0.2, -0.15) is 0 Å². The van der Waals surface area contributed by atoms with Gasteiger partial charge in [-0.15, -0.1) is 0 Å². The SMILES string of the molecule is C1=CC(C=C2CCCC2)CCC1. The van der Waals surface area contributed by atoms with Crippen molar-refractivity contribution in [3.8, 4) is 0 Å². The topological polar surface area (TPSA) is 0 Å². The molecule has 66 valence electrons. The average molecular weight is 162 g/mol. The van der Waals surface area contributed by atoms with E-state index in [9.17, 15) is 0 Å². The van der Waals surface area contributed by atoms with Crippen LogP contribution in [0.4, 0.5) is 0 Å². The molecule has 0 bridgehead atoms. The van der Waals surface area contributed by atoms with Crippen molar-refractivity contribution in [2.24, 2.45) is 5.92 Å². The third-order valence-corrected chi connectivity index (χ3v) is 2.99. The quantitative estimate of drug-likeness (QED) is 0.514. The Balaban J connectivity index is 1.95. The van der Waals surface area contributed by atoms with E-state index < -0.39 is 0 Å². The highest BCUT2D eigenvalue weighted by Gasteiger charge is 2.10. The third kappa shape index (κ3) is 2.00. The minimum absolute atomic E-state index is 0.784. The zero-order valence-corrected chi connectivity index (χ0v) is 7.76. The molecule has 0 aromatic carbocycles. The van der Waals surface area contributed by atoms with E-state index in [0.717, 1.165) is 5.92 Å². The van der Waals surface area contributed by atoms with Crippen LogP contribution < -0.4 is 0 Å². The maximum atomic E-state index is 2.53. The molecule has 2 rings (SSSR count). The molecule has 0 aliphatic heterocycles. The van der Waals surface area contributed by atoms with Crippen molar-refractivity contribution in [2.75, 3.05) is 0 Å². The molecule has 0 aromatic heterocycles. The molecule has 1 unspecified atom stereocenters. The average Bonchev–Trinajstić information content (AvgIpc) is 2.59. The number of hydrogen-bond acceptors (Lipinski definition) is 0. The van der Waals surface area contributed by atoms with Crippen molar-refractivity contribution >= 4 is 0 Å². The van der Waals surface area contributed by atoms with E-state index in [1.807, 2.05) is 0 Å². The normalized spacial score (nSPS) is 29.3. The Labute approximate surface area is 75.4 Å². The fraction of sp³-hybridized carbons (Fsp3) is 0.667. The highest BCUT2D eigenvalue weighted by atomic mass is 14.2. The molecule has 1 fully saturated rings. The van der Waals surface area contributed by atoms with Gasteiger partial charge in [-0.05, 0) is 50.9 Å². The van der Waals surface area contributed by atoms with Crippen LogP contribution >= 0.6 is 0 Å². The monoisotopic (exact) mass is 162 g/mol. The first-order valence-corrected chi connectivity index (χ1v) is 5.31. The maximum absolute atomic E-state index is 2.53. The van der Waals surface area contributed by atoms with Crippen molar-refractivity contribution in [3.63, 3.8) is 0 Å². The minimum Gasteiger partial charge on any atom is -0.0879 e. The van der Waals surface area contributed by atoms with Gasteiger partial charge in [-0.25, -0.2) is 0 Å². The van der Waals surface area contributed by atoms with Crippen LogP contribution in [-0.4, -0.2) is 0 Å². The Hall–Kier alpha value is -0.520. The molecule has 0 heterocycles. The molecule has 2 aliphatic rings. The summed E-state index contributed by atoms with van der Waals surface area (Å²) in [5.74, 6) is 0.784. The maximum Gasteiger partial charge on any atom is -0.00507 e. The molecule has 0 saturated heterocycles. The van der Waals surface area contributed by atoms with Crippen molar-refractivity contribution in [1.29, 1.82) is 0 Å². The lowest BCUT2D eigenvalue weighted by molar-refractivity contribution is 0.626. The molecule has 0 amide bonds. The van der Waals surface area contributed by atoms with Gasteiger partial charge in [0.25, 0.3) is 0 Å². The summed E-state index contributed by atoms with van der Waals surface area (Å²) in [6, 6.07) is 0. The Morgan fingerprint density at radius 1 is 1.17 bits per heavy atom. The van der Waals surface area contributed by atoms with E-state index in [1.165, 1.54) is 44.9 Å². The lowest BCUT2D eigenvalue weighted by Crippen LogP contribution is -1.97. The first-order valence-electron chi connectivity index (χ1n) is 5.31. The van der Waals surface area contributed by atoms with Crippen molar-refractivity contribution in [1.82, 2.24) is 0 Å². The predicted octanol–water partition coefficient (Wildman–Crippen LogP) is 3.84. The standard InChI is InChI=1S/C12H18/c1-2-6-11(7-3-1)10-12-8-4-5-9-12/h2,6,10-11H,1,3-5,7-9H2. The van der Waals surface area contributed by atoms with Gasteiger partial charge in [0.05, 0.1) is 0 Å². The van der Waals surface area contributed by atoms with E-state index in [1.54, 1.807) is 5.57 Å². The zero-order valence-electron chi connectivity index (χ0n) is 7.76. The first kappa shape index (κ1) is 8.10. The summed E-state index contributed by atoms with van der Waals surface area (Å²) >= 11 is 0. The summed E-state index contributed by atoms with van der Waals surface area (Å²) < 4.78 is 0. The van der Waals surface area contributed by atoms with Crippen LogP contribution in [0.25, 0.3) is 0 Å². The number of rotatable bonds is 1. The van der Waals surface area contributed by atoms with Crippen LogP contribution in [0.1, 0.15) is 44.9 Å². The molecule has 0 nitrogen and oxygen atoms in total. The molecular weight excluding hydrogens is 144 g/mol. The lowest BCUT2D eigenvalue weighted by atomic mass is 9.93. The fourth-order valence-corrected chi connectivity index (χ4v) is 2.28. The molecule has 0 radical (unpaired) electrons. The highest BCUT2D eigenvalue weighted by molar-refractivity contribution is 5.13. The van der Waals surface area contributed by atoms with Crippen LogP contribution in [0.15, 0.2) is 23.8 Å². The van der Waals surface area contributed by atoms with Crippen LogP contribution in [0, 0.1) is 5.92 Å². The van der Waals surface area contributed by atoms with E-state index in [4.69, 9.17) is 0 Å². The van der Waals surface area contributed by atoms with Crippen molar-refractivity contribution < 1.29 is 0 Å². The van der Waals surface area contributed by atoms with Gasteiger partial charge in [0, 0.05) is 0 Å².